The normalized spacial score (nSPS) is 14.6. The third-order valence-electron chi connectivity index (χ3n) is 4.88. The topological polar surface area (TPSA) is 75.7 Å². The van der Waals surface area contributed by atoms with E-state index in [1.165, 1.54) is 22.7 Å². The zero-order valence-corrected chi connectivity index (χ0v) is 17.1. The van der Waals surface area contributed by atoms with E-state index in [-0.39, 0.29) is 18.2 Å². The number of benzene rings is 2. The smallest absolute Gasteiger partial charge is 0.387 e. The molecule has 0 spiro atoms. The zero-order valence-electron chi connectivity index (χ0n) is 16.3. The Kier molecular flexibility index (Phi) is 5.90. The highest BCUT2D eigenvalue weighted by Gasteiger charge is 2.25. The summed E-state index contributed by atoms with van der Waals surface area (Å²) >= 11 is 0. The fourth-order valence-corrected chi connectivity index (χ4v) is 4.33. The lowest BCUT2D eigenvalue weighted by molar-refractivity contribution is -0.0507. The predicted octanol–water partition coefficient (Wildman–Crippen LogP) is 3.47. The standard InChI is InChI=1S/C20H22F2N2O4S/c1-12-9-15(10-13(2)18(12)28-20(21)22)19(25)23-17-6-4-5-14-11-24(29(3,26)27)8-7-16(14)17/h4-6,9-10,20H,7-8,11H2,1-3H3,(H,23,25). The average Bonchev–Trinajstić information content (AvgIpc) is 2.63. The van der Waals surface area contributed by atoms with E-state index >= 15 is 0 Å². The van der Waals surface area contributed by atoms with E-state index in [1.54, 1.807) is 26.0 Å². The summed E-state index contributed by atoms with van der Waals surface area (Å²) in [4.78, 5) is 12.8. The summed E-state index contributed by atoms with van der Waals surface area (Å²) in [5, 5.41) is 2.86. The van der Waals surface area contributed by atoms with E-state index in [2.05, 4.69) is 10.1 Å². The summed E-state index contributed by atoms with van der Waals surface area (Å²) in [5.41, 5.74) is 3.56. The quantitative estimate of drug-likeness (QED) is 0.798. The molecule has 0 fully saturated rings. The van der Waals surface area contributed by atoms with E-state index in [4.69, 9.17) is 0 Å². The highest BCUT2D eigenvalue weighted by Crippen LogP contribution is 2.29. The van der Waals surface area contributed by atoms with Crippen LogP contribution in [0.1, 0.15) is 32.6 Å². The summed E-state index contributed by atoms with van der Waals surface area (Å²) in [7, 11) is -3.29. The van der Waals surface area contributed by atoms with Crippen LogP contribution in [0.5, 0.6) is 5.75 Å². The van der Waals surface area contributed by atoms with Crippen LogP contribution in [0.3, 0.4) is 0 Å². The fourth-order valence-electron chi connectivity index (χ4n) is 3.53. The number of rotatable bonds is 5. The number of anilines is 1. The van der Waals surface area contributed by atoms with Gasteiger partial charge in [0, 0.05) is 24.3 Å². The number of nitrogens with one attached hydrogen (secondary N) is 1. The monoisotopic (exact) mass is 424 g/mol. The van der Waals surface area contributed by atoms with E-state index in [0.29, 0.717) is 35.3 Å². The molecule has 0 unspecified atom stereocenters. The van der Waals surface area contributed by atoms with Gasteiger partial charge < -0.3 is 10.1 Å². The number of ether oxygens (including phenoxy) is 1. The van der Waals surface area contributed by atoms with Crippen LogP contribution in [0.25, 0.3) is 0 Å². The molecule has 2 aromatic rings. The third-order valence-corrected chi connectivity index (χ3v) is 6.13. The van der Waals surface area contributed by atoms with Gasteiger partial charge >= 0.3 is 6.61 Å². The number of hydrogen-bond donors (Lipinski definition) is 1. The zero-order chi connectivity index (χ0) is 21.3. The highest BCUT2D eigenvalue weighted by molar-refractivity contribution is 7.88. The molecular weight excluding hydrogens is 402 g/mol. The minimum atomic E-state index is -3.29. The molecule has 1 N–H and O–H groups in total. The Morgan fingerprint density at radius 1 is 1.21 bits per heavy atom. The van der Waals surface area contributed by atoms with Crippen LogP contribution in [-0.2, 0) is 23.0 Å². The van der Waals surface area contributed by atoms with Gasteiger partial charge in [-0.05, 0) is 60.7 Å². The van der Waals surface area contributed by atoms with E-state index in [9.17, 15) is 22.0 Å². The number of aryl methyl sites for hydroxylation is 2. The molecular formula is C20H22F2N2O4S. The van der Waals surface area contributed by atoms with Gasteiger partial charge in [0.2, 0.25) is 10.0 Å². The second kappa shape index (κ2) is 8.08. The molecule has 29 heavy (non-hydrogen) atoms. The van der Waals surface area contributed by atoms with Gasteiger partial charge in [-0.25, -0.2) is 8.42 Å². The number of alkyl halides is 2. The first-order valence-electron chi connectivity index (χ1n) is 8.99. The minimum Gasteiger partial charge on any atom is -0.434 e. The maximum atomic E-state index is 12.8. The number of carbonyl (C=O) groups is 1. The predicted molar refractivity (Wildman–Crippen MR) is 106 cm³/mol. The lowest BCUT2D eigenvalue weighted by Crippen LogP contribution is -2.35. The van der Waals surface area contributed by atoms with Crippen molar-refractivity contribution in [1.29, 1.82) is 0 Å². The number of fused-ring (bicyclic) bond motifs is 1. The molecule has 0 saturated heterocycles. The SMILES string of the molecule is Cc1cc(C(=O)Nc2cccc3c2CCN(S(C)(=O)=O)C3)cc(C)c1OC(F)F. The number of hydrogen-bond acceptors (Lipinski definition) is 4. The van der Waals surface area contributed by atoms with Crippen LogP contribution in [0.4, 0.5) is 14.5 Å². The van der Waals surface area contributed by atoms with E-state index in [0.717, 1.165) is 11.1 Å². The minimum absolute atomic E-state index is 0.0644. The molecule has 9 heteroatoms. The molecule has 156 valence electrons. The molecule has 0 atom stereocenters. The van der Waals surface area contributed by atoms with Crippen molar-refractivity contribution in [3.8, 4) is 5.75 Å². The van der Waals surface area contributed by atoms with Crippen LogP contribution in [0.2, 0.25) is 0 Å². The molecule has 2 aromatic carbocycles. The molecule has 1 heterocycles. The van der Waals surface area contributed by atoms with Crippen molar-refractivity contribution >= 4 is 21.6 Å². The van der Waals surface area contributed by atoms with E-state index in [1.807, 2.05) is 6.07 Å². The molecule has 0 aliphatic carbocycles. The lowest BCUT2D eigenvalue weighted by atomic mass is 9.98. The molecule has 6 nitrogen and oxygen atoms in total. The summed E-state index contributed by atoms with van der Waals surface area (Å²) in [6, 6.07) is 8.37. The van der Waals surface area contributed by atoms with Gasteiger partial charge in [-0.2, -0.15) is 13.1 Å². The van der Waals surface area contributed by atoms with Crippen LogP contribution in [0.15, 0.2) is 30.3 Å². The largest absolute Gasteiger partial charge is 0.434 e. The Morgan fingerprint density at radius 2 is 1.86 bits per heavy atom. The first-order chi connectivity index (χ1) is 13.6. The van der Waals surface area contributed by atoms with Crippen molar-refractivity contribution in [3.63, 3.8) is 0 Å². The van der Waals surface area contributed by atoms with Crippen molar-refractivity contribution in [1.82, 2.24) is 4.31 Å². The first kappa shape index (κ1) is 21.2. The maximum Gasteiger partial charge on any atom is 0.387 e. The van der Waals surface area contributed by atoms with Gasteiger partial charge in [0.25, 0.3) is 5.91 Å². The number of sulfonamides is 1. The van der Waals surface area contributed by atoms with Crippen LogP contribution >= 0.6 is 0 Å². The highest BCUT2D eigenvalue weighted by atomic mass is 32.2. The van der Waals surface area contributed by atoms with Crippen LogP contribution < -0.4 is 10.1 Å². The number of carbonyl (C=O) groups excluding carboxylic acids is 1. The Labute approximate surface area is 168 Å². The fraction of sp³-hybridized carbons (Fsp3) is 0.350. The Balaban J connectivity index is 1.84. The second-order valence-corrected chi connectivity index (χ2v) is 9.04. The molecule has 0 saturated carbocycles. The first-order valence-corrected chi connectivity index (χ1v) is 10.8. The molecule has 0 aromatic heterocycles. The van der Waals surface area contributed by atoms with Crippen LogP contribution in [0, 0.1) is 13.8 Å². The van der Waals surface area contributed by atoms with Crippen molar-refractivity contribution in [3.05, 3.63) is 58.1 Å². The van der Waals surface area contributed by atoms with Crippen LogP contribution in [-0.4, -0.2) is 38.0 Å². The second-order valence-electron chi connectivity index (χ2n) is 7.06. The maximum absolute atomic E-state index is 12.8. The number of halogens is 2. The summed E-state index contributed by atoms with van der Waals surface area (Å²) in [5.74, 6) is -0.312. The van der Waals surface area contributed by atoms with Crippen molar-refractivity contribution in [2.45, 2.75) is 33.4 Å². The summed E-state index contributed by atoms with van der Waals surface area (Å²) in [6.07, 6.45) is 1.66. The van der Waals surface area contributed by atoms with Gasteiger partial charge in [-0.1, -0.05) is 12.1 Å². The number of amides is 1. The summed E-state index contributed by atoms with van der Waals surface area (Å²) in [6.45, 7) is 0.873. The lowest BCUT2D eigenvalue weighted by Gasteiger charge is -2.28. The molecule has 1 amide bonds. The Bertz CT molecular complexity index is 1030. The molecule has 0 radical (unpaired) electrons. The van der Waals surface area contributed by atoms with Gasteiger partial charge in [0.1, 0.15) is 5.75 Å². The Hall–Kier alpha value is -2.52. The molecule has 1 aliphatic rings. The molecule has 3 rings (SSSR count). The molecule has 1 aliphatic heterocycles. The Morgan fingerprint density at radius 3 is 2.45 bits per heavy atom. The van der Waals surface area contributed by atoms with Gasteiger partial charge in [-0.15, -0.1) is 0 Å². The third kappa shape index (κ3) is 4.73. The van der Waals surface area contributed by atoms with Crippen molar-refractivity contribution in [2.24, 2.45) is 0 Å². The van der Waals surface area contributed by atoms with Gasteiger partial charge in [-0.3, -0.25) is 4.79 Å². The van der Waals surface area contributed by atoms with Crippen molar-refractivity contribution in [2.75, 3.05) is 18.1 Å². The molecule has 0 bridgehead atoms. The van der Waals surface area contributed by atoms with E-state index < -0.39 is 16.6 Å². The van der Waals surface area contributed by atoms with Crippen molar-refractivity contribution < 1.29 is 26.7 Å². The van der Waals surface area contributed by atoms with Gasteiger partial charge in [0.05, 0.1) is 6.26 Å². The average molecular weight is 424 g/mol. The summed E-state index contributed by atoms with van der Waals surface area (Å²) < 4.78 is 54.6. The number of nitrogens with zero attached hydrogens (tertiary/aromatic N) is 1. The van der Waals surface area contributed by atoms with Gasteiger partial charge in [0.15, 0.2) is 0 Å².